The Morgan fingerprint density at radius 1 is 1.04 bits per heavy atom. The number of nitrogens with zero attached hydrogens (tertiary/aromatic N) is 2. The molecule has 26 heavy (non-hydrogen) atoms. The van der Waals surface area contributed by atoms with Crippen LogP contribution in [0.4, 0.5) is 5.69 Å². The van der Waals surface area contributed by atoms with E-state index in [1.807, 2.05) is 42.5 Å². The van der Waals surface area contributed by atoms with E-state index in [9.17, 15) is 4.79 Å². The van der Waals surface area contributed by atoms with E-state index in [4.69, 9.17) is 16.3 Å². The Morgan fingerprint density at radius 3 is 2.35 bits per heavy atom. The number of hydrogen-bond acceptors (Lipinski definition) is 4. The second kappa shape index (κ2) is 9.03. The van der Waals surface area contributed by atoms with Gasteiger partial charge in [-0.3, -0.25) is 14.6 Å². The quantitative estimate of drug-likeness (QED) is 0.845. The molecule has 1 amide bonds. The van der Waals surface area contributed by atoms with Crippen LogP contribution in [0.1, 0.15) is 5.56 Å². The lowest BCUT2D eigenvalue weighted by molar-refractivity contribution is -0.117. The van der Waals surface area contributed by atoms with Crippen LogP contribution >= 0.6 is 11.6 Å². The van der Waals surface area contributed by atoms with Gasteiger partial charge in [-0.2, -0.15) is 0 Å². The first kappa shape index (κ1) is 18.7. The maximum absolute atomic E-state index is 12.2. The first-order chi connectivity index (χ1) is 12.6. The maximum Gasteiger partial charge on any atom is 0.238 e. The first-order valence-electron chi connectivity index (χ1n) is 8.76. The normalized spacial score (nSPS) is 15.6. The SMILES string of the molecule is COc1ccc(NC(=O)CN2CCN(Cc3ccccc3Cl)CC2)cc1. The van der Waals surface area contributed by atoms with E-state index in [0.29, 0.717) is 6.54 Å². The van der Waals surface area contributed by atoms with Crippen LogP contribution in [0.25, 0.3) is 0 Å². The van der Waals surface area contributed by atoms with Crippen molar-refractivity contribution in [1.29, 1.82) is 0 Å². The fourth-order valence-corrected chi connectivity index (χ4v) is 3.25. The lowest BCUT2D eigenvalue weighted by atomic mass is 10.2. The van der Waals surface area contributed by atoms with Gasteiger partial charge >= 0.3 is 0 Å². The lowest BCUT2D eigenvalue weighted by Crippen LogP contribution is -2.48. The summed E-state index contributed by atoms with van der Waals surface area (Å²) in [6, 6.07) is 15.3. The number of amides is 1. The molecular weight excluding hydrogens is 350 g/mol. The highest BCUT2D eigenvalue weighted by molar-refractivity contribution is 6.31. The lowest BCUT2D eigenvalue weighted by Gasteiger charge is -2.34. The molecule has 1 aliphatic rings. The molecule has 1 N–H and O–H groups in total. The number of rotatable bonds is 6. The number of carbonyl (C=O) groups is 1. The Balaban J connectivity index is 1.43. The van der Waals surface area contributed by atoms with Crippen LogP contribution in [-0.4, -0.2) is 55.5 Å². The van der Waals surface area contributed by atoms with Crippen molar-refractivity contribution in [1.82, 2.24) is 9.80 Å². The molecule has 0 radical (unpaired) electrons. The number of piperazine rings is 1. The van der Waals surface area contributed by atoms with Gasteiger partial charge in [0, 0.05) is 43.4 Å². The van der Waals surface area contributed by atoms with Gasteiger partial charge in [-0.15, -0.1) is 0 Å². The molecule has 0 unspecified atom stereocenters. The second-order valence-electron chi connectivity index (χ2n) is 6.42. The zero-order valence-electron chi connectivity index (χ0n) is 15.0. The summed E-state index contributed by atoms with van der Waals surface area (Å²) in [7, 11) is 1.62. The molecule has 1 aliphatic heterocycles. The van der Waals surface area contributed by atoms with Crippen molar-refractivity contribution in [3.63, 3.8) is 0 Å². The average Bonchev–Trinajstić information content (AvgIpc) is 2.66. The Morgan fingerprint density at radius 2 is 1.69 bits per heavy atom. The first-order valence-corrected chi connectivity index (χ1v) is 9.14. The molecule has 5 nitrogen and oxygen atoms in total. The molecule has 0 aliphatic carbocycles. The van der Waals surface area contributed by atoms with Crippen molar-refractivity contribution in [2.75, 3.05) is 45.2 Å². The number of nitrogens with one attached hydrogen (secondary N) is 1. The Hall–Kier alpha value is -2.08. The predicted molar refractivity (Wildman–Crippen MR) is 105 cm³/mol. The molecule has 2 aromatic rings. The molecule has 0 atom stereocenters. The van der Waals surface area contributed by atoms with Gasteiger partial charge in [0.25, 0.3) is 0 Å². The van der Waals surface area contributed by atoms with Crippen LogP contribution in [0.2, 0.25) is 5.02 Å². The summed E-state index contributed by atoms with van der Waals surface area (Å²) in [4.78, 5) is 16.8. The van der Waals surface area contributed by atoms with Gasteiger partial charge in [0.1, 0.15) is 5.75 Å². The van der Waals surface area contributed by atoms with E-state index in [1.54, 1.807) is 7.11 Å². The van der Waals surface area contributed by atoms with Crippen LogP contribution in [0.3, 0.4) is 0 Å². The molecule has 138 valence electrons. The van der Waals surface area contributed by atoms with Gasteiger partial charge < -0.3 is 10.1 Å². The smallest absolute Gasteiger partial charge is 0.238 e. The van der Waals surface area contributed by atoms with Crippen molar-refractivity contribution >= 4 is 23.2 Å². The summed E-state index contributed by atoms with van der Waals surface area (Å²) in [5.74, 6) is 0.785. The highest BCUT2D eigenvalue weighted by atomic mass is 35.5. The summed E-state index contributed by atoms with van der Waals surface area (Å²) in [5, 5.41) is 3.75. The van der Waals surface area contributed by atoms with Crippen molar-refractivity contribution in [3.8, 4) is 5.75 Å². The second-order valence-corrected chi connectivity index (χ2v) is 6.83. The highest BCUT2D eigenvalue weighted by Crippen LogP contribution is 2.18. The Kier molecular flexibility index (Phi) is 6.50. The number of halogens is 1. The van der Waals surface area contributed by atoms with E-state index in [1.165, 1.54) is 0 Å². The summed E-state index contributed by atoms with van der Waals surface area (Å²) in [5.41, 5.74) is 1.94. The molecule has 2 aromatic carbocycles. The van der Waals surface area contributed by atoms with Gasteiger partial charge in [0.05, 0.1) is 13.7 Å². The number of carbonyl (C=O) groups excluding carboxylic acids is 1. The molecule has 0 bridgehead atoms. The average molecular weight is 374 g/mol. The molecule has 0 saturated carbocycles. The molecule has 1 fully saturated rings. The standard InChI is InChI=1S/C20H24ClN3O2/c1-26-18-8-6-17(7-9-18)22-20(25)15-24-12-10-23(11-13-24)14-16-4-2-3-5-19(16)21/h2-9H,10-15H2,1H3,(H,22,25). The fraction of sp³-hybridized carbons (Fsp3) is 0.350. The number of anilines is 1. The minimum atomic E-state index is 0.00900. The number of ether oxygens (including phenoxy) is 1. The number of benzene rings is 2. The molecule has 6 heteroatoms. The van der Waals surface area contributed by atoms with E-state index < -0.39 is 0 Å². The third kappa shape index (κ3) is 5.21. The zero-order chi connectivity index (χ0) is 18.4. The van der Waals surface area contributed by atoms with Crippen LogP contribution in [-0.2, 0) is 11.3 Å². The number of hydrogen-bond donors (Lipinski definition) is 1. The van der Waals surface area contributed by atoms with Crippen molar-refractivity contribution < 1.29 is 9.53 Å². The molecule has 1 saturated heterocycles. The topological polar surface area (TPSA) is 44.8 Å². The molecule has 0 spiro atoms. The van der Waals surface area contributed by atoms with Gasteiger partial charge in [-0.05, 0) is 35.9 Å². The van der Waals surface area contributed by atoms with E-state index >= 15 is 0 Å². The summed E-state index contributed by atoms with van der Waals surface area (Å²) in [6.45, 7) is 4.88. The molecule has 3 rings (SSSR count). The van der Waals surface area contributed by atoms with Gasteiger partial charge in [0.15, 0.2) is 0 Å². The van der Waals surface area contributed by atoms with Crippen LogP contribution < -0.4 is 10.1 Å². The van der Waals surface area contributed by atoms with Crippen LogP contribution in [0, 0.1) is 0 Å². The van der Waals surface area contributed by atoms with Gasteiger partial charge in [-0.1, -0.05) is 29.8 Å². The van der Waals surface area contributed by atoms with E-state index in [2.05, 4.69) is 21.2 Å². The van der Waals surface area contributed by atoms with Crippen molar-refractivity contribution in [3.05, 3.63) is 59.1 Å². The summed E-state index contributed by atoms with van der Waals surface area (Å²) < 4.78 is 5.12. The molecule has 1 heterocycles. The monoisotopic (exact) mass is 373 g/mol. The largest absolute Gasteiger partial charge is 0.497 e. The minimum Gasteiger partial charge on any atom is -0.497 e. The highest BCUT2D eigenvalue weighted by Gasteiger charge is 2.19. The van der Waals surface area contributed by atoms with E-state index in [0.717, 1.165) is 54.7 Å². The summed E-state index contributed by atoms with van der Waals surface area (Å²) >= 11 is 6.24. The van der Waals surface area contributed by atoms with Crippen LogP contribution in [0.5, 0.6) is 5.75 Å². The fourth-order valence-electron chi connectivity index (χ4n) is 3.05. The predicted octanol–water partition coefficient (Wildman–Crippen LogP) is 3.10. The third-order valence-corrected chi connectivity index (χ3v) is 4.93. The Bertz CT molecular complexity index is 728. The molecule has 0 aromatic heterocycles. The Labute approximate surface area is 159 Å². The van der Waals surface area contributed by atoms with Gasteiger partial charge in [0.2, 0.25) is 5.91 Å². The summed E-state index contributed by atoms with van der Waals surface area (Å²) in [6.07, 6.45) is 0. The zero-order valence-corrected chi connectivity index (χ0v) is 15.7. The van der Waals surface area contributed by atoms with Gasteiger partial charge in [-0.25, -0.2) is 0 Å². The van der Waals surface area contributed by atoms with Crippen molar-refractivity contribution in [2.45, 2.75) is 6.54 Å². The van der Waals surface area contributed by atoms with Crippen LogP contribution in [0.15, 0.2) is 48.5 Å². The van der Waals surface area contributed by atoms with Crippen molar-refractivity contribution in [2.24, 2.45) is 0 Å². The van der Waals surface area contributed by atoms with E-state index in [-0.39, 0.29) is 5.91 Å². The molecular formula is C20H24ClN3O2. The third-order valence-electron chi connectivity index (χ3n) is 4.56. The maximum atomic E-state index is 12.2. The number of methoxy groups -OCH3 is 1. The minimum absolute atomic E-state index is 0.00900.